The molecule has 42 heavy (non-hydrogen) atoms. The van der Waals surface area contributed by atoms with E-state index in [0.717, 1.165) is 24.2 Å². The van der Waals surface area contributed by atoms with Crippen molar-refractivity contribution in [1.82, 2.24) is 14.4 Å². The SMILES string of the molecule is CCCCOc1ccc(C2C(=C(O)c3c(C)nc4ccccn34)C(=O)C(=O)N2c2nc(C)c(C(C)=O)s2)cc1OCC. The Balaban J connectivity index is 1.74. The number of aromatic nitrogens is 3. The third-order valence-corrected chi connectivity index (χ3v) is 8.28. The molecule has 218 valence electrons. The summed E-state index contributed by atoms with van der Waals surface area (Å²) in [5, 5.41) is 12.0. The molecule has 0 spiro atoms. The molecule has 10 nitrogen and oxygen atoms in total. The number of amides is 1. The fraction of sp³-hybridized carbons (Fsp3) is 0.323. The third kappa shape index (κ3) is 5.04. The van der Waals surface area contributed by atoms with Crippen molar-refractivity contribution in [3.63, 3.8) is 0 Å². The summed E-state index contributed by atoms with van der Waals surface area (Å²) in [5.74, 6) is -1.31. The fourth-order valence-corrected chi connectivity index (χ4v) is 6.08. The quantitative estimate of drug-likeness (QED) is 0.0809. The van der Waals surface area contributed by atoms with Gasteiger partial charge in [-0.05, 0) is 57.0 Å². The number of aryl methyl sites for hydroxylation is 2. The summed E-state index contributed by atoms with van der Waals surface area (Å²) < 4.78 is 13.5. The first-order valence-electron chi connectivity index (χ1n) is 13.8. The number of thiazole rings is 1. The molecule has 1 amide bonds. The number of ketones is 2. The van der Waals surface area contributed by atoms with Gasteiger partial charge in [0.25, 0.3) is 5.78 Å². The van der Waals surface area contributed by atoms with Crippen LogP contribution in [-0.2, 0) is 9.59 Å². The van der Waals surface area contributed by atoms with E-state index in [1.54, 1.807) is 54.8 Å². The van der Waals surface area contributed by atoms with E-state index in [0.29, 0.717) is 57.9 Å². The summed E-state index contributed by atoms with van der Waals surface area (Å²) in [4.78, 5) is 50.4. The summed E-state index contributed by atoms with van der Waals surface area (Å²) in [6, 6.07) is 9.53. The Morgan fingerprint density at radius 1 is 1.05 bits per heavy atom. The molecule has 0 saturated carbocycles. The van der Waals surface area contributed by atoms with Crippen LogP contribution in [0.1, 0.15) is 72.0 Å². The average molecular weight is 589 g/mol. The van der Waals surface area contributed by atoms with E-state index in [1.165, 1.54) is 11.8 Å². The second-order valence-corrected chi connectivity index (χ2v) is 10.9. The van der Waals surface area contributed by atoms with Crippen molar-refractivity contribution in [2.24, 2.45) is 0 Å². The highest BCUT2D eigenvalue weighted by Gasteiger charge is 2.49. The largest absolute Gasteiger partial charge is 0.505 e. The van der Waals surface area contributed by atoms with Crippen LogP contribution in [0.15, 0.2) is 48.2 Å². The molecule has 1 saturated heterocycles. The summed E-state index contributed by atoms with van der Waals surface area (Å²) in [6.45, 7) is 9.63. The molecule has 1 aliphatic heterocycles. The van der Waals surface area contributed by atoms with Gasteiger partial charge >= 0.3 is 5.91 Å². The van der Waals surface area contributed by atoms with Gasteiger partial charge < -0.3 is 14.6 Å². The third-order valence-electron chi connectivity index (χ3n) is 7.02. The van der Waals surface area contributed by atoms with Crippen LogP contribution in [-0.4, -0.2) is 50.2 Å². The second kappa shape index (κ2) is 11.8. The monoisotopic (exact) mass is 588 g/mol. The Morgan fingerprint density at radius 2 is 1.83 bits per heavy atom. The molecule has 1 aromatic carbocycles. The molecule has 1 unspecified atom stereocenters. The van der Waals surface area contributed by atoms with Crippen LogP contribution >= 0.6 is 11.3 Å². The highest BCUT2D eigenvalue weighted by molar-refractivity contribution is 7.18. The van der Waals surface area contributed by atoms with Gasteiger partial charge in [-0.1, -0.05) is 36.8 Å². The average Bonchev–Trinajstić information content (AvgIpc) is 3.59. The summed E-state index contributed by atoms with van der Waals surface area (Å²) in [5.41, 5.74) is 2.21. The van der Waals surface area contributed by atoms with Crippen LogP contribution < -0.4 is 14.4 Å². The van der Waals surface area contributed by atoms with E-state index in [2.05, 4.69) is 16.9 Å². The maximum absolute atomic E-state index is 13.7. The van der Waals surface area contributed by atoms with Crippen molar-refractivity contribution in [2.45, 2.75) is 53.5 Å². The van der Waals surface area contributed by atoms with Crippen LogP contribution in [0.25, 0.3) is 11.4 Å². The van der Waals surface area contributed by atoms with Crippen LogP contribution in [0.2, 0.25) is 0 Å². The van der Waals surface area contributed by atoms with Gasteiger partial charge in [0.15, 0.2) is 28.2 Å². The van der Waals surface area contributed by atoms with Gasteiger partial charge in [0.05, 0.1) is 41.1 Å². The summed E-state index contributed by atoms with van der Waals surface area (Å²) >= 11 is 1.03. The van der Waals surface area contributed by atoms with E-state index in [9.17, 15) is 19.5 Å². The zero-order chi connectivity index (χ0) is 30.1. The molecule has 4 aromatic rings. The zero-order valence-electron chi connectivity index (χ0n) is 24.1. The van der Waals surface area contributed by atoms with Crippen molar-refractivity contribution in [2.75, 3.05) is 18.1 Å². The number of carbonyl (C=O) groups excluding carboxylic acids is 3. The van der Waals surface area contributed by atoms with Crippen molar-refractivity contribution in [3.8, 4) is 11.5 Å². The molecule has 1 atom stereocenters. The first-order valence-corrected chi connectivity index (χ1v) is 14.6. The van der Waals surface area contributed by atoms with Crippen molar-refractivity contribution >= 4 is 45.3 Å². The highest BCUT2D eigenvalue weighted by atomic mass is 32.1. The molecule has 0 aliphatic carbocycles. The number of pyridine rings is 1. The molecule has 0 bridgehead atoms. The predicted octanol–water partition coefficient (Wildman–Crippen LogP) is 5.81. The lowest BCUT2D eigenvalue weighted by Crippen LogP contribution is -2.29. The number of nitrogens with zero attached hydrogens (tertiary/aromatic N) is 4. The lowest BCUT2D eigenvalue weighted by Gasteiger charge is -2.24. The molecular formula is C31H32N4O6S. The molecule has 4 heterocycles. The number of Topliss-reactive ketones (excluding diaryl/α,β-unsaturated/α-hetero) is 2. The van der Waals surface area contributed by atoms with Crippen molar-refractivity contribution < 1.29 is 29.0 Å². The van der Waals surface area contributed by atoms with Gasteiger partial charge in [-0.3, -0.25) is 23.7 Å². The smallest absolute Gasteiger partial charge is 0.301 e. The van der Waals surface area contributed by atoms with Crippen molar-refractivity contribution in [1.29, 1.82) is 0 Å². The molecule has 1 aliphatic rings. The normalized spacial score (nSPS) is 16.4. The van der Waals surface area contributed by atoms with Gasteiger partial charge in [-0.2, -0.15) is 0 Å². The van der Waals surface area contributed by atoms with Gasteiger partial charge in [-0.15, -0.1) is 0 Å². The lowest BCUT2D eigenvalue weighted by atomic mass is 9.96. The predicted molar refractivity (Wildman–Crippen MR) is 160 cm³/mol. The Labute approximate surface area is 247 Å². The van der Waals surface area contributed by atoms with E-state index in [1.807, 2.05) is 13.0 Å². The fourth-order valence-electron chi connectivity index (χ4n) is 5.09. The Hall–Kier alpha value is -4.51. The minimum absolute atomic E-state index is 0.118. The van der Waals surface area contributed by atoms with Gasteiger partial charge in [0, 0.05) is 13.1 Å². The van der Waals surface area contributed by atoms with Crippen LogP contribution in [0.5, 0.6) is 11.5 Å². The van der Waals surface area contributed by atoms with E-state index in [-0.39, 0.29) is 22.2 Å². The summed E-state index contributed by atoms with van der Waals surface area (Å²) in [6.07, 6.45) is 3.57. The molecular weight excluding hydrogens is 556 g/mol. The van der Waals surface area contributed by atoms with E-state index < -0.39 is 17.7 Å². The number of imidazole rings is 1. The van der Waals surface area contributed by atoms with Gasteiger partial charge in [0.2, 0.25) is 0 Å². The Bertz CT molecular complexity index is 1740. The number of hydrogen-bond acceptors (Lipinski definition) is 9. The number of hydrogen-bond donors (Lipinski definition) is 1. The number of rotatable bonds is 10. The summed E-state index contributed by atoms with van der Waals surface area (Å²) in [7, 11) is 0. The second-order valence-electron chi connectivity index (χ2n) is 9.95. The number of ether oxygens (including phenoxy) is 2. The number of aliphatic hydroxyl groups is 1. The standard InChI is InChI=1S/C31H32N4O6S/c1-6-8-15-41-21-13-12-20(16-22(21)40-7-2)26-24(27(37)25-17(3)32-23-11-9-10-14-34(23)25)28(38)30(39)35(26)31-33-18(4)29(42-31)19(5)36/h9-14,16,26,37H,6-8,15H2,1-5H3. The van der Waals surface area contributed by atoms with Crippen LogP contribution in [0, 0.1) is 13.8 Å². The maximum atomic E-state index is 13.7. The number of anilines is 1. The van der Waals surface area contributed by atoms with Crippen LogP contribution in [0.3, 0.4) is 0 Å². The number of carbonyl (C=O) groups is 3. The number of fused-ring (bicyclic) bond motifs is 1. The molecule has 1 fully saturated rings. The molecule has 3 aromatic heterocycles. The number of unbranched alkanes of at least 4 members (excludes halogenated alkanes) is 1. The van der Waals surface area contributed by atoms with Crippen LogP contribution in [0.4, 0.5) is 5.13 Å². The topological polar surface area (TPSA) is 123 Å². The molecule has 11 heteroatoms. The van der Waals surface area contributed by atoms with Crippen molar-refractivity contribution in [3.05, 3.63) is 75.7 Å². The van der Waals surface area contributed by atoms with Gasteiger partial charge in [0.1, 0.15) is 11.3 Å². The zero-order valence-corrected chi connectivity index (χ0v) is 24.9. The minimum Gasteiger partial charge on any atom is -0.505 e. The highest BCUT2D eigenvalue weighted by Crippen LogP contribution is 2.46. The number of aliphatic hydroxyl groups excluding tert-OH is 1. The Kier molecular flexibility index (Phi) is 8.13. The van der Waals surface area contributed by atoms with Gasteiger partial charge in [-0.25, -0.2) is 9.97 Å². The van der Waals surface area contributed by atoms with E-state index in [4.69, 9.17) is 9.47 Å². The maximum Gasteiger partial charge on any atom is 0.301 e. The Morgan fingerprint density at radius 3 is 2.52 bits per heavy atom. The van der Waals surface area contributed by atoms with E-state index >= 15 is 0 Å². The molecule has 0 radical (unpaired) electrons. The first-order chi connectivity index (χ1) is 20.2. The lowest BCUT2D eigenvalue weighted by molar-refractivity contribution is -0.132. The first kappa shape index (κ1) is 29.0. The molecule has 5 rings (SSSR count). The number of benzene rings is 1. The minimum atomic E-state index is -1.06. The molecule has 1 N–H and O–H groups in total.